The average Bonchev–Trinajstić information content (AvgIpc) is 2.81. The van der Waals surface area contributed by atoms with E-state index in [1.807, 2.05) is 49.4 Å². The van der Waals surface area contributed by atoms with E-state index in [1.54, 1.807) is 29.7 Å². The van der Waals surface area contributed by atoms with Gasteiger partial charge in [-0.2, -0.15) is 0 Å². The van der Waals surface area contributed by atoms with Gasteiger partial charge in [0, 0.05) is 31.1 Å². The molecule has 1 heterocycles. The summed E-state index contributed by atoms with van der Waals surface area (Å²) in [6, 6.07) is 18.4. The van der Waals surface area contributed by atoms with Crippen LogP contribution in [-0.2, 0) is 28.9 Å². The molecule has 3 rings (SSSR count). The Morgan fingerprint density at radius 2 is 1.82 bits per heavy atom. The van der Waals surface area contributed by atoms with Gasteiger partial charge < -0.3 is 16.0 Å². The monoisotopic (exact) mass is 460 g/mol. The number of carboxylic acid groups (broad SMARTS) is 1. The van der Waals surface area contributed by atoms with Crippen molar-refractivity contribution < 1.29 is 50.4 Å². The Labute approximate surface area is 217 Å². The number of aromatic nitrogens is 2. The molecule has 1 N–H and O–H groups in total. The van der Waals surface area contributed by atoms with Gasteiger partial charge in [0.15, 0.2) is 6.10 Å². The molecule has 0 radical (unpaired) electrons. The number of hydrogen-bond acceptors (Lipinski definition) is 5. The minimum absolute atomic E-state index is 0. The van der Waals surface area contributed by atoms with E-state index in [0.717, 1.165) is 11.1 Å². The molecule has 2 aromatic carbocycles. The van der Waals surface area contributed by atoms with Crippen LogP contribution < -0.4 is 39.9 Å². The predicted octanol–water partition coefficient (Wildman–Crippen LogP) is 0.700. The van der Waals surface area contributed by atoms with E-state index in [2.05, 4.69) is 4.98 Å². The zero-order valence-corrected chi connectivity index (χ0v) is 21.4. The fourth-order valence-corrected chi connectivity index (χ4v) is 3.43. The van der Waals surface area contributed by atoms with Gasteiger partial charge in [-0.15, -0.1) is 0 Å². The fraction of sp³-hybridized carbons (Fsp3) is 0.320. The molecule has 1 atom stereocenters. The van der Waals surface area contributed by atoms with Crippen LogP contribution in [0.3, 0.4) is 0 Å². The van der Waals surface area contributed by atoms with Gasteiger partial charge in [0.2, 0.25) is 0 Å². The van der Waals surface area contributed by atoms with Crippen LogP contribution in [0.1, 0.15) is 26.7 Å². The molecule has 0 saturated heterocycles. The minimum atomic E-state index is -0.976. The smallest absolute Gasteiger partial charge is 1.00 e. The maximum Gasteiger partial charge on any atom is 1.00 e. The molecular formula is C25H29N2NaO5. The van der Waals surface area contributed by atoms with E-state index in [9.17, 15) is 14.7 Å². The fourth-order valence-electron chi connectivity index (χ4n) is 3.43. The summed E-state index contributed by atoms with van der Waals surface area (Å²) in [4.78, 5) is 28.6. The number of carboxylic acids is 1. The van der Waals surface area contributed by atoms with Crippen LogP contribution in [0.4, 0.5) is 0 Å². The zero-order chi connectivity index (χ0) is 22.9. The van der Waals surface area contributed by atoms with E-state index >= 15 is 0 Å². The molecule has 0 spiro atoms. The quantitative estimate of drug-likeness (QED) is 0.424. The number of benzene rings is 2. The van der Waals surface area contributed by atoms with Crippen LogP contribution in [0.25, 0.3) is 11.3 Å². The molecule has 33 heavy (non-hydrogen) atoms. The van der Waals surface area contributed by atoms with Gasteiger partial charge in [-0.3, -0.25) is 9.36 Å². The van der Waals surface area contributed by atoms with Crippen LogP contribution in [0.15, 0.2) is 65.5 Å². The van der Waals surface area contributed by atoms with Crippen LogP contribution in [-0.4, -0.2) is 39.9 Å². The third kappa shape index (κ3) is 7.54. The maximum absolute atomic E-state index is 12.7. The SMILES string of the molecule is CCOC(Cc1ccc(OCCn2c(CC)nc(-c3ccccc3)cc2=O)cc1)C(=O)O.[H-].[Na+]. The van der Waals surface area contributed by atoms with Gasteiger partial charge in [0.25, 0.3) is 5.56 Å². The molecule has 7 nitrogen and oxygen atoms in total. The summed E-state index contributed by atoms with van der Waals surface area (Å²) in [7, 11) is 0. The summed E-state index contributed by atoms with van der Waals surface area (Å²) in [5.41, 5.74) is 2.33. The summed E-state index contributed by atoms with van der Waals surface area (Å²) >= 11 is 0. The Kier molecular flexibility index (Phi) is 10.8. The number of carbonyl (C=O) groups is 1. The number of ether oxygens (including phenoxy) is 2. The topological polar surface area (TPSA) is 90.7 Å². The Morgan fingerprint density at radius 3 is 2.42 bits per heavy atom. The normalized spacial score (nSPS) is 11.5. The second-order valence-corrected chi connectivity index (χ2v) is 7.25. The molecule has 0 aliphatic rings. The van der Waals surface area contributed by atoms with Gasteiger partial charge in [0.1, 0.15) is 18.2 Å². The summed E-state index contributed by atoms with van der Waals surface area (Å²) in [5.74, 6) is 0.388. The van der Waals surface area contributed by atoms with Gasteiger partial charge >= 0.3 is 35.5 Å². The van der Waals surface area contributed by atoms with E-state index in [4.69, 9.17) is 9.47 Å². The van der Waals surface area contributed by atoms with Gasteiger partial charge in [-0.1, -0.05) is 49.4 Å². The third-order valence-electron chi connectivity index (χ3n) is 5.04. The second kappa shape index (κ2) is 13.3. The molecule has 0 bridgehead atoms. The second-order valence-electron chi connectivity index (χ2n) is 7.25. The molecule has 170 valence electrons. The molecule has 1 aromatic heterocycles. The van der Waals surface area contributed by atoms with E-state index in [-0.39, 0.29) is 43.0 Å². The number of aliphatic carboxylic acids is 1. The molecule has 0 fully saturated rings. The van der Waals surface area contributed by atoms with Crippen molar-refractivity contribution in [3.63, 3.8) is 0 Å². The molecule has 3 aromatic rings. The summed E-state index contributed by atoms with van der Waals surface area (Å²) in [6.07, 6.45) is 0.0605. The molecular weight excluding hydrogens is 431 g/mol. The van der Waals surface area contributed by atoms with Crippen molar-refractivity contribution in [3.05, 3.63) is 82.4 Å². The molecule has 1 unspecified atom stereocenters. The maximum atomic E-state index is 12.7. The Bertz CT molecular complexity index is 1090. The molecule has 0 amide bonds. The summed E-state index contributed by atoms with van der Waals surface area (Å²) < 4.78 is 12.7. The van der Waals surface area contributed by atoms with Crippen LogP contribution in [0.2, 0.25) is 0 Å². The Balaban J connectivity index is 0.00000289. The standard InChI is InChI=1S/C25H28N2O5.Na.H/c1-3-23-26-21(19-8-6-5-7-9-19)17-24(28)27(23)14-15-32-20-12-10-18(11-13-20)16-22(25(29)30)31-4-2;;/h5-13,17,22H,3-4,14-16H2,1-2H3,(H,29,30);;/q;+1;-1. The largest absolute Gasteiger partial charge is 1.00 e. The van der Waals surface area contributed by atoms with Crippen molar-refractivity contribution >= 4 is 5.97 Å². The zero-order valence-electron chi connectivity index (χ0n) is 20.4. The van der Waals surface area contributed by atoms with E-state index < -0.39 is 12.1 Å². The van der Waals surface area contributed by atoms with Gasteiger partial charge in [-0.05, 0) is 24.6 Å². The molecule has 8 heteroatoms. The van der Waals surface area contributed by atoms with Crippen molar-refractivity contribution in [1.82, 2.24) is 9.55 Å². The van der Waals surface area contributed by atoms with Crippen molar-refractivity contribution in [2.45, 2.75) is 39.3 Å². The summed E-state index contributed by atoms with van der Waals surface area (Å²) in [5, 5.41) is 9.21. The van der Waals surface area contributed by atoms with Crippen LogP contribution in [0, 0.1) is 0 Å². The molecule has 0 aliphatic heterocycles. The Hall–Kier alpha value is -2.45. The Morgan fingerprint density at radius 1 is 1.12 bits per heavy atom. The first-order chi connectivity index (χ1) is 15.5. The average molecular weight is 461 g/mol. The van der Waals surface area contributed by atoms with Crippen molar-refractivity contribution in [1.29, 1.82) is 0 Å². The number of hydrogen-bond donors (Lipinski definition) is 1. The number of aryl methyl sites for hydroxylation is 1. The molecule has 0 aliphatic carbocycles. The predicted molar refractivity (Wildman–Crippen MR) is 123 cm³/mol. The molecule has 0 saturated carbocycles. The van der Waals surface area contributed by atoms with Gasteiger partial charge in [0.05, 0.1) is 12.2 Å². The van der Waals surface area contributed by atoms with E-state index in [1.165, 1.54) is 0 Å². The first-order valence-corrected chi connectivity index (χ1v) is 10.7. The summed E-state index contributed by atoms with van der Waals surface area (Å²) in [6.45, 7) is 4.79. The first-order valence-electron chi connectivity index (χ1n) is 10.7. The minimum Gasteiger partial charge on any atom is -1.00 e. The van der Waals surface area contributed by atoms with Crippen LogP contribution >= 0.6 is 0 Å². The third-order valence-corrected chi connectivity index (χ3v) is 5.04. The number of rotatable bonds is 11. The van der Waals surface area contributed by atoms with Crippen LogP contribution in [0.5, 0.6) is 5.75 Å². The van der Waals surface area contributed by atoms with E-state index in [0.29, 0.717) is 43.4 Å². The van der Waals surface area contributed by atoms with Gasteiger partial charge in [-0.25, -0.2) is 9.78 Å². The first kappa shape index (κ1) is 26.8. The number of nitrogens with zero attached hydrogens (tertiary/aromatic N) is 2. The van der Waals surface area contributed by atoms with Crippen molar-refractivity contribution in [2.24, 2.45) is 0 Å². The van der Waals surface area contributed by atoms with Crippen molar-refractivity contribution in [2.75, 3.05) is 13.2 Å². The van der Waals surface area contributed by atoms with Crippen molar-refractivity contribution in [3.8, 4) is 17.0 Å².